The summed E-state index contributed by atoms with van der Waals surface area (Å²) in [6.45, 7) is 4.87. The van der Waals surface area contributed by atoms with Gasteiger partial charge in [-0.1, -0.05) is 13.8 Å². The number of aliphatic carboxylic acids is 1. The van der Waals surface area contributed by atoms with E-state index < -0.39 is 12.1 Å². The summed E-state index contributed by atoms with van der Waals surface area (Å²) in [4.78, 5) is 22.3. The average molecular weight is 274 g/mol. The molecule has 0 bridgehead atoms. The maximum Gasteiger partial charge on any atom is 0.306 e. The topological polar surface area (TPSA) is 102 Å². The van der Waals surface area contributed by atoms with Crippen LogP contribution in [0.1, 0.15) is 33.1 Å². The first-order chi connectivity index (χ1) is 8.88. The molecule has 0 spiro atoms. The third-order valence-corrected chi connectivity index (χ3v) is 2.87. The van der Waals surface area contributed by atoms with E-state index in [1.807, 2.05) is 0 Å². The number of nitrogens with one attached hydrogen (secondary N) is 1. The molecule has 0 aromatic carbocycles. The van der Waals surface area contributed by atoms with Gasteiger partial charge in [0.15, 0.2) is 0 Å². The molecule has 6 nitrogen and oxygen atoms in total. The van der Waals surface area contributed by atoms with Crippen molar-refractivity contribution in [2.45, 2.75) is 39.2 Å². The van der Waals surface area contributed by atoms with Crippen molar-refractivity contribution in [2.24, 2.45) is 17.6 Å². The quantitative estimate of drug-likeness (QED) is 0.541. The summed E-state index contributed by atoms with van der Waals surface area (Å²) in [6, 6.07) is 0. The molecule has 2 atom stereocenters. The number of hydrogen-bond donors (Lipinski definition) is 3. The highest BCUT2D eigenvalue weighted by atomic mass is 16.5. The Morgan fingerprint density at radius 2 is 1.95 bits per heavy atom. The van der Waals surface area contributed by atoms with E-state index in [4.69, 9.17) is 15.6 Å². The molecule has 19 heavy (non-hydrogen) atoms. The molecule has 1 unspecified atom stereocenters. The molecule has 0 saturated carbocycles. The Morgan fingerprint density at radius 3 is 2.37 bits per heavy atom. The van der Waals surface area contributed by atoms with Gasteiger partial charge < -0.3 is 20.9 Å². The van der Waals surface area contributed by atoms with Crippen molar-refractivity contribution in [3.8, 4) is 0 Å². The van der Waals surface area contributed by atoms with E-state index in [0.29, 0.717) is 18.9 Å². The van der Waals surface area contributed by atoms with Crippen LogP contribution in [-0.4, -0.2) is 43.3 Å². The summed E-state index contributed by atoms with van der Waals surface area (Å²) < 4.78 is 4.99. The number of nitrogens with two attached hydrogens (primary N) is 1. The summed E-state index contributed by atoms with van der Waals surface area (Å²) in [5.74, 6) is -0.384. The number of carbonyl (C=O) groups excluding carboxylic acids is 1. The number of carbonyl (C=O) groups is 2. The predicted octanol–water partition coefficient (Wildman–Crippen LogP) is 0.603. The fraction of sp³-hybridized carbons (Fsp3) is 0.846. The van der Waals surface area contributed by atoms with Crippen molar-refractivity contribution < 1.29 is 19.4 Å². The number of ether oxygens (including phenoxy) is 1. The minimum atomic E-state index is -0.944. The van der Waals surface area contributed by atoms with Crippen molar-refractivity contribution in [1.82, 2.24) is 5.32 Å². The largest absolute Gasteiger partial charge is 0.481 e. The highest BCUT2D eigenvalue weighted by molar-refractivity contribution is 5.76. The maximum absolute atomic E-state index is 11.7. The van der Waals surface area contributed by atoms with Crippen molar-refractivity contribution in [1.29, 1.82) is 0 Å². The first kappa shape index (κ1) is 17.9. The Hall–Kier alpha value is -1.14. The van der Waals surface area contributed by atoms with Crippen LogP contribution in [0, 0.1) is 11.8 Å². The molecular weight excluding hydrogens is 248 g/mol. The Labute approximate surface area is 114 Å². The van der Waals surface area contributed by atoms with Crippen LogP contribution in [0.3, 0.4) is 0 Å². The molecular formula is C13H26N2O4. The lowest BCUT2D eigenvalue weighted by atomic mass is 9.94. The van der Waals surface area contributed by atoms with E-state index in [1.54, 1.807) is 0 Å². The third-order valence-electron chi connectivity index (χ3n) is 2.87. The summed E-state index contributed by atoms with van der Waals surface area (Å²) in [5, 5.41) is 11.3. The molecule has 0 radical (unpaired) electrons. The molecule has 0 aliphatic carbocycles. The monoisotopic (exact) mass is 274 g/mol. The van der Waals surface area contributed by atoms with Gasteiger partial charge >= 0.3 is 5.97 Å². The normalized spacial score (nSPS) is 14.2. The number of methoxy groups -OCH3 is 1. The summed E-state index contributed by atoms with van der Waals surface area (Å²) in [5.41, 5.74) is 5.63. The highest BCUT2D eigenvalue weighted by Gasteiger charge is 2.16. The van der Waals surface area contributed by atoms with Crippen molar-refractivity contribution in [3.63, 3.8) is 0 Å². The van der Waals surface area contributed by atoms with Gasteiger partial charge in [0.25, 0.3) is 0 Å². The Kier molecular flexibility index (Phi) is 9.16. The molecule has 112 valence electrons. The second kappa shape index (κ2) is 9.75. The van der Waals surface area contributed by atoms with Crippen LogP contribution in [-0.2, 0) is 14.3 Å². The number of carboxylic acid groups (broad SMARTS) is 1. The number of amides is 1. The molecule has 0 aliphatic heterocycles. The van der Waals surface area contributed by atoms with E-state index in [9.17, 15) is 9.59 Å². The summed E-state index contributed by atoms with van der Waals surface area (Å²) in [6.07, 6.45) is 0.663. The first-order valence-electron chi connectivity index (χ1n) is 6.60. The van der Waals surface area contributed by atoms with Crippen LogP contribution in [0.4, 0.5) is 0 Å². The van der Waals surface area contributed by atoms with Gasteiger partial charge in [-0.3, -0.25) is 9.59 Å². The van der Waals surface area contributed by atoms with Crippen LogP contribution >= 0.6 is 0 Å². The van der Waals surface area contributed by atoms with Crippen molar-refractivity contribution >= 4 is 11.9 Å². The highest BCUT2D eigenvalue weighted by Crippen LogP contribution is 2.13. The van der Waals surface area contributed by atoms with Gasteiger partial charge in [0, 0.05) is 20.1 Å². The fourth-order valence-electron chi connectivity index (χ4n) is 1.93. The smallest absolute Gasteiger partial charge is 0.306 e. The van der Waals surface area contributed by atoms with Gasteiger partial charge in [0.2, 0.25) is 5.91 Å². The standard InChI is InChI=1S/C13H26N2O4/c1-9(2)4-10(7-14)5-12(16)15-8-11(19-3)6-13(17)18/h9-11H,4-8,14H2,1-3H3,(H,15,16)(H,17,18)/t10-,11?/m0/s1. The lowest BCUT2D eigenvalue weighted by Crippen LogP contribution is -2.36. The average Bonchev–Trinajstić information content (AvgIpc) is 2.32. The van der Waals surface area contributed by atoms with E-state index in [2.05, 4.69) is 19.2 Å². The van der Waals surface area contributed by atoms with E-state index >= 15 is 0 Å². The van der Waals surface area contributed by atoms with Crippen LogP contribution < -0.4 is 11.1 Å². The lowest BCUT2D eigenvalue weighted by Gasteiger charge is -2.18. The minimum Gasteiger partial charge on any atom is -0.481 e. The van der Waals surface area contributed by atoms with Crippen LogP contribution in [0.5, 0.6) is 0 Å². The van der Waals surface area contributed by atoms with Gasteiger partial charge in [-0.25, -0.2) is 0 Å². The fourth-order valence-corrected chi connectivity index (χ4v) is 1.93. The van der Waals surface area contributed by atoms with Crippen LogP contribution in [0.2, 0.25) is 0 Å². The molecule has 0 fully saturated rings. The van der Waals surface area contributed by atoms with Crippen LogP contribution in [0.25, 0.3) is 0 Å². The molecule has 0 rings (SSSR count). The molecule has 4 N–H and O–H groups in total. The van der Waals surface area contributed by atoms with Gasteiger partial charge in [0.05, 0.1) is 12.5 Å². The maximum atomic E-state index is 11.7. The van der Waals surface area contributed by atoms with Crippen molar-refractivity contribution in [3.05, 3.63) is 0 Å². The molecule has 0 aliphatic rings. The molecule has 6 heteroatoms. The zero-order valence-electron chi connectivity index (χ0n) is 12.0. The first-order valence-corrected chi connectivity index (χ1v) is 6.60. The molecule has 0 aromatic heterocycles. The second-order valence-electron chi connectivity index (χ2n) is 5.20. The van der Waals surface area contributed by atoms with Crippen molar-refractivity contribution in [2.75, 3.05) is 20.2 Å². The zero-order chi connectivity index (χ0) is 14.8. The summed E-state index contributed by atoms with van der Waals surface area (Å²) in [7, 11) is 1.43. The Morgan fingerprint density at radius 1 is 1.32 bits per heavy atom. The number of hydrogen-bond acceptors (Lipinski definition) is 4. The Balaban J connectivity index is 4.04. The van der Waals surface area contributed by atoms with Gasteiger partial charge in [-0.05, 0) is 24.8 Å². The van der Waals surface area contributed by atoms with Crippen LogP contribution in [0.15, 0.2) is 0 Å². The van der Waals surface area contributed by atoms with Gasteiger partial charge in [-0.15, -0.1) is 0 Å². The molecule has 0 saturated heterocycles. The summed E-state index contributed by atoms with van der Waals surface area (Å²) >= 11 is 0. The third kappa shape index (κ3) is 9.44. The zero-order valence-corrected chi connectivity index (χ0v) is 12.0. The molecule has 0 heterocycles. The number of rotatable bonds is 10. The second-order valence-corrected chi connectivity index (χ2v) is 5.20. The lowest BCUT2D eigenvalue weighted by molar-refractivity contribution is -0.140. The SMILES string of the molecule is COC(CNC(=O)C[C@@H](CN)CC(C)C)CC(=O)O. The van der Waals surface area contributed by atoms with E-state index in [0.717, 1.165) is 6.42 Å². The minimum absolute atomic E-state index is 0.108. The number of carboxylic acids is 1. The molecule has 1 amide bonds. The van der Waals surface area contributed by atoms with E-state index in [-0.39, 0.29) is 24.8 Å². The predicted molar refractivity (Wildman–Crippen MR) is 72.7 cm³/mol. The Bertz CT molecular complexity index is 282. The van der Waals surface area contributed by atoms with Gasteiger partial charge in [0.1, 0.15) is 0 Å². The van der Waals surface area contributed by atoms with Gasteiger partial charge in [-0.2, -0.15) is 0 Å². The van der Waals surface area contributed by atoms with E-state index in [1.165, 1.54) is 7.11 Å². The molecule has 0 aromatic rings.